The van der Waals surface area contributed by atoms with Gasteiger partial charge in [0.25, 0.3) is 0 Å². The van der Waals surface area contributed by atoms with Crippen molar-refractivity contribution in [2.45, 2.75) is 79.3 Å². The standard InChI is InChI=1S/C23H33N3O2.C2H6/c1-7-11-12-18(8-2)25-26-20-16-17(13-14-22(20)28)15-19(21(27)9-3)24-23(5,6)10-4;1-2/h7-8,11-14,16,19,24,28H,1,9-10,15H2,2-6H3;1-2H3/b12-11-,18-8+,26-25?;. The number of nitrogens with zero attached hydrogens (tertiary/aromatic N) is 2. The first kappa shape index (κ1) is 27.5. The minimum Gasteiger partial charge on any atom is -0.506 e. The number of carbonyl (C=O) groups excluding carboxylic acids is 1. The summed E-state index contributed by atoms with van der Waals surface area (Å²) >= 11 is 0. The highest BCUT2D eigenvalue weighted by atomic mass is 16.3. The highest BCUT2D eigenvalue weighted by Crippen LogP contribution is 2.29. The SMILES string of the molecule is C=C/C=C\C(=C/C)N=Nc1cc(CC(NC(C)(C)CC)C(=O)CC)ccc1O.CC. The van der Waals surface area contributed by atoms with Crippen molar-refractivity contribution in [2.24, 2.45) is 10.2 Å². The number of aromatic hydroxyl groups is 1. The summed E-state index contributed by atoms with van der Waals surface area (Å²) < 4.78 is 0. The summed E-state index contributed by atoms with van der Waals surface area (Å²) in [6.07, 6.45) is 8.95. The monoisotopic (exact) mass is 413 g/mol. The average molecular weight is 414 g/mol. The van der Waals surface area contributed by atoms with Gasteiger partial charge in [0.1, 0.15) is 17.2 Å². The van der Waals surface area contributed by atoms with Crippen molar-refractivity contribution in [1.82, 2.24) is 5.32 Å². The van der Waals surface area contributed by atoms with E-state index in [9.17, 15) is 9.90 Å². The number of phenolic OH excluding ortho intramolecular Hbond substituents is 1. The summed E-state index contributed by atoms with van der Waals surface area (Å²) in [6.45, 7) is 17.6. The highest BCUT2D eigenvalue weighted by Gasteiger charge is 2.25. The second kappa shape index (κ2) is 14.5. The number of allylic oxidation sites excluding steroid dienone is 4. The number of hydrogen-bond acceptors (Lipinski definition) is 5. The summed E-state index contributed by atoms with van der Waals surface area (Å²) in [5, 5.41) is 21.9. The molecule has 0 aliphatic rings. The van der Waals surface area contributed by atoms with E-state index in [2.05, 4.69) is 42.9 Å². The van der Waals surface area contributed by atoms with Crippen LogP contribution >= 0.6 is 0 Å². The number of ketones is 1. The Hall–Kier alpha value is -2.53. The molecule has 166 valence electrons. The Morgan fingerprint density at radius 1 is 1.30 bits per heavy atom. The minimum atomic E-state index is -0.282. The van der Waals surface area contributed by atoms with Gasteiger partial charge in [-0.1, -0.05) is 58.6 Å². The zero-order chi connectivity index (χ0) is 23.2. The lowest BCUT2D eigenvalue weighted by molar-refractivity contribution is -0.121. The Morgan fingerprint density at radius 3 is 2.50 bits per heavy atom. The van der Waals surface area contributed by atoms with Crippen molar-refractivity contribution in [1.29, 1.82) is 0 Å². The van der Waals surface area contributed by atoms with Gasteiger partial charge in [-0.2, -0.15) is 5.11 Å². The molecule has 0 aromatic heterocycles. The molecule has 30 heavy (non-hydrogen) atoms. The molecule has 1 atom stereocenters. The zero-order valence-electron chi connectivity index (χ0n) is 19.7. The number of nitrogens with one attached hydrogen (secondary N) is 1. The van der Waals surface area contributed by atoms with Crippen molar-refractivity contribution in [3.05, 3.63) is 60.3 Å². The largest absolute Gasteiger partial charge is 0.506 e. The fourth-order valence-electron chi connectivity index (χ4n) is 2.54. The Kier molecular flexibility index (Phi) is 13.2. The molecule has 0 radical (unpaired) electrons. The smallest absolute Gasteiger partial charge is 0.149 e. The van der Waals surface area contributed by atoms with E-state index in [0.29, 0.717) is 24.2 Å². The molecule has 0 heterocycles. The van der Waals surface area contributed by atoms with E-state index >= 15 is 0 Å². The summed E-state index contributed by atoms with van der Waals surface area (Å²) in [4.78, 5) is 12.4. The summed E-state index contributed by atoms with van der Waals surface area (Å²) in [5.41, 5.74) is 1.82. The molecule has 0 aliphatic carbocycles. The maximum absolute atomic E-state index is 12.4. The van der Waals surface area contributed by atoms with E-state index in [1.807, 2.05) is 39.8 Å². The van der Waals surface area contributed by atoms with Crippen LogP contribution in [0.5, 0.6) is 5.75 Å². The van der Waals surface area contributed by atoms with Gasteiger partial charge in [0.05, 0.1) is 11.7 Å². The minimum absolute atomic E-state index is 0.0517. The normalized spacial score (nSPS) is 13.2. The number of hydrogen-bond donors (Lipinski definition) is 2. The molecule has 0 amide bonds. The summed E-state index contributed by atoms with van der Waals surface area (Å²) in [6, 6.07) is 4.91. The van der Waals surface area contributed by atoms with Crippen LogP contribution < -0.4 is 5.32 Å². The molecular weight excluding hydrogens is 374 g/mol. The molecule has 5 heteroatoms. The molecule has 5 nitrogen and oxygen atoms in total. The van der Waals surface area contributed by atoms with Gasteiger partial charge in [-0.15, -0.1) is 5.11 Å². The lowest BCUT2D eigenvalue weighted by Gasteiger charge is -2.30. The van der Waals surface area contributed by atoms with Crippen LogP contribution in [0.15, 0.2) is 65.0 Å². The first-order chi connectivity index (χ1) is 14.3. The van der Waals surface area contributed by atoms with Gasteiger partial charge in [0, 0.05) is 12.0 Å². The highest BCUT2D eigenvalue weighted by molar-refractivity contribution is 5.84. The van der Waals surface area contributed by atoms with E-state index < -0.39 is 0 Å². The van der Waals surface area contributed by atoms with Gasteiger partial charge >= 0.3 is 0 Å². The van der Waals surface area contributed by atoms with Crippen LogP contribution in [-0.4, -0.2) is 22.5 Å². The number of Topliss-reactive ketones (excluding diaryl/α,β-unsaturated/α-hetero) is 1. The van der Waals surface area contributed by atoms with Crippen LogP contribution in [0.1, 0.15) is 66.9 Å². The fraction of sp³-hybridized carbons (Fsp3) is 0.480. The number of benzene rings is 1. The van der Waals surface area contributed by atoms with E-state index in [-0.39, 0.29) is 23.1 Å². The third-order valence-corrected chi connectivity index (χ3v) is 4.64. The third-order valence-electron chi connectivity index (χ3n) is 4.64. The molecule has 2 N–H and O–H groups in total. The van der Waals surface area contributed by atoms with Crippen molar-refractivity contribution < 1.29 is 9.90 Å². The lowest BCUT2D eigenvalue weighted by Crippen LogP contribution is -2.50. The maximum atomic E-state index is 12.4. The molecule has 0 bridgehead atoms. The molecule has 1 aromatic rings. The average Bonchev–Trinajstić information content (AvgIpc) is 2.76. The van der Waals surface area contributed by atoms with Crippen LogP contribution in [-0.2, 0) is 11.2 Å². The van der Waals surface area contributed by atoms with Gasteiger partial charge < -0.3 is 10.4 Å². The Labute approximate surface area is 182 Å². The molecule has 1 unspecified atom stereocenters. The molecule has 1 rings (SSSR count). The summed E-state index contributed by atoms with van der Waals surface area (Å²) in [5.74, 6) is 0.222. The van der Waals surface area contributed by atoms with Crippen LogP contribution in [0, 0.1) is 0 Å². The molecule has 0 aliphatic heterocycles. The van der Waals surface area contributed by atoms with E-state index in [1.54, 1.807) is 30.4 Å². The van der Waals surface area contributed by atoms with Crippen LogP contribution in [0.2, 0.25) is 0 Å². The van der Waals surface area contributed by atoms with Gasteiger partial charge in [-0.05, 0) is 57.4 Å². The number of rotatable bonds is 11. The first-order valence-electron chi connectivity index (χ1n) is 10.8. The van der Waals surface area contributed by atoms with Crippen LogP contribution in [0.3, 0.4) is 0 Å². The molecular formula is C25H39N3O2. The molecule has 0 saturated heterocycles. The quantitative estimate of drug-likeness (QED) is 0.309. The van der Waals surface area contributed by atoms with Crippen molar-refractivity contribution in [3.8, 4) is 5.75 Å². The number of carbonyl (C=O) groups is 1. The van der Waals surface area contributed by atoms with Gasteiger partial charge in [0.15, 0.2) is 0 Å². The van der Waals surface area contributed by atoms with Gasteiger partial charge in [0.2, 0.25) is 0 Å². The Morgan fingerprint density at radius 2 is 1.97 bits per heavy atom. The fourth-order valence-corrected chi connectivity index (χ4v) is 2.54. The second-order valence-electron chi connectivity index (χ2n) is 7.29. The lowest BCUT2D eigenvalue weighted by atomic mass is 9.94. The van der Waals surface area contributed by atoms with E-state index in [0.717, 1.165) is 12.0 Å². The van der Waals surface area contributed by atoms with Crippen LogP contribution in [0.25, 0.3) is 0 Å². The van der Waals surface area contributed by atoms with Gasteiger partial charge in [-0.25, -0.2) is 0 Å². The van der Waals surface area contributed by atoms with Crippen molar-refractivity contribution >= 4 is 11.5 Å². The maximum Gasteiger partial charge on any atom is 0.149 e. The molecule has 0 spiro atoms. The molecule has 0 saturated carbocycles. The number of azo groups is 1. The Bertz CT molecular complexity index is 762. The number of phenols is 1. The van der Waals surface area contributed by atoms with E-state index in [1.165, 1.54) is 0 Å². The van der Waals surface area contributed by atoms with Crippen molar-refractivity contribution in [3.63, 3.8) is 0 Å². The molecule has 0 fully saturated rings. The van der Waals surface area contributed by atoms with Gasteiger partial charge in [-0.3, -0.25) is 4.79 Å². The molecule has 1 aromatic carbocycles. The predicted octanol–water partition coefficient (Wildman–Crippen LogP) is 6.82. The zero-order valence-corrected chi connectivity index (χ0v) is 19.7. The first-order valence-corrected chi connectivity index (χ1v) is 10.8. The van der Waals surface area contributed by atoms with Crippen LogP contribution in [0.4, 0.5) is 5.69 Å². The van der Waals surface area contributed by atoms with Crippen molar-refractivity contribution in [2.75, 3.05) is 0 Å². The summed E-state index contributed by atoms with van der Waals surface area (Å²) in [7, 11) is 0. The third kappa shape index (κ3) is 9.79. The Balaban J connectivity index is 0.00000407. The topological polar surface area (TPSA) is 74.0 Å². The second-order valence-corrected chi connectivity index (χ2v) is 7.29. The van der Waals surface area contributed by atoms with E-state index in [4.69, 9.17) is 0 Å². The predicted molar refractivity (Wildman–Crippen MR) is 127 cm³/mol.